The standard InChI is InChI=1S/C8H12F3NO2/c1-6(2)4-14-7(12,3-5(6)13)8(9,10)11/h3-4,12H2,1-2H3. The third-order valence-corrected chi connectivity index (χ3v) is 2.35. The Balaban J connectivity index is 2.87. The molecule has 1 aliphatic rings. The SMILES string of the molecule is CC1(C)COC(N)(C(F)(F)F)CC1=O. The van der Waals surface area contributed by atoms with Crippen LogP contribution in [0.15, 0.2) is 0 Å². The average molecular weight is 211 g/mol. The predicted octanol–water partition coefficient (Wildman–Crippen LogP) is 1.22. The number of alkyl halides is 3. The number of carbonyl (C=O) groups excluding carboxylic acids is 1. The molecule has 1 heterocycles. The summed E-state index contributed by atoms with van der Waals surface area (Å²) in [7, 11) is 0. The van der Waals surface area contributed by atoms with Crippen LogP contribution in [0.4, 0.5) is 13.2 Å². The fourth-order valence-corrected chi connectivity index (χ4v) is 1.10. The van der Waals surface area contributed by atoms with Gasteiger partial charge in [0.1, 0.15) is 5.78 Å². The van der Waals surface area contributed by atoms with Crippen molar-refractivity contribution in [3.63, 3.8) is 0 Å². The Morgan fingerprint density at radius 3 is 2.29 bits per heavy atom. The quantitative estimate of drug-likeness (QED) is 0.655. The zero-order chi connectivity index (χ0) is 11.2. The first-order valence-electron chi connectivity index (χ1n) is 4.11. The molecule has 0 radical (unpaired) electrons. The summed E-state index contributed by atoms with van der Waals surface area (Å²) in [5.41, 5.74) is 1.29. The summed E-state index contributed by atoms with van der Waals surface area (Å²) in [5, 5.41) is 0. The van der Waals surface area contributed by atoms with Crippen molar-refractivity contribution in [1.82, 2.24) is 0 Å². The molecule has 0 amide bonds. The molecular weight excluding hydrogens is 199 g/mol. The topological polar surface area (TPSA) is 52.3 Å². The molecule has 3 nitrogen and oxygen atoms in total. The minimum absolute atomic E-state index is 0.304. The lowest BCUT2D eigenvalue weighted by Gasteiger charge is -2.40. The van der Waals surface area contributed by atoms with Gasteiger partial charge in [0.25, 0.3) is 0 Å². The van der Waals surface area contributed by atoms with E-state index in [1.165, 1.54) is 13.8 Å². The number of carbonyl (C=O) groups is 1. The van der Waals surface area contributed by atoms with Gasteiger partial charge in [0.15, 0.2) is 0 Å². The maximum absolute atomic E-state index is 12.3. The van der Waals surface area contributed by atoms with Gasteiger partial charge in [-0.05, 0) is 0 Å². The highest BCUT2D eigenvalue weighted by Gasteiger charge is 2.58. The molecule has 1 atom stereocenters. The lowest BCUT2D eigenvalue weighted by atomic mass is 9.82. The Hall–Kier alpha value is -0.620. The van der Waals surface area contributed by atoms with Crippen molar-refractivity contribution in [2.45, 2.75) is 32.2 Å². The number of Topliss-reactive ketones (excluding diaryl/α,β-unsaturated/α-hetero) is 1. The van der Waals surface area contributed by atoms with Crippen LogP contribution in [0.1, 0.15) is 20.3 Å². The molecule has 0 saturated carbocycles. The summed E-state index contributed by atoms with van der Waals surface area (Å²) in [6.07, 6.45) is -5.53. The number of ether oxygens (including phenoxy) is 1. The van der Waals surface area contributed by atoms with E-state index in [0.717, 1.165) is 0 Å². The fraction of sp³-hybridized carbons (Fsp3) is 0.875. The van der Waals surface area contributed by atoms with E-state index in [1.54, 1.807) is 0 Å². The molecule has 0 spiro atoms. The molecule has 6 heteroatoms. The van der Waals surface area contributed by atoms with Crippen LogP contribution >= 0.6 is 0 Å². The maximum atomic E-state index is 12.3. The van der Waals surface area contributed by atoms with Gasteiger partial charge in [0, 0.05) is 5.41 Å². The number of ketones is 1. The molecule has 0 aliphatic carbocycles. The van der Waals surface area contributed by atoms with Crippen molar-refractivity contribution in [2.24, 2.45) is 11.1 Å². The lowest BCUT2D eigenvalue weighted by Crippen LogP contribution is -2.62. The van der Waals surface area contributed by atoms with Crippen molar-refractivity contribution >= 4 is 5.78 Å². The van der Waals surface area contributed by atoms with Gasteiger partial charge < -0.3 is 4.74 Å². The van der Waals surface area contributed by atoms with Crippen LogP contribution < -0.4 is 5.73 Å². The smallest absolute Gasteiger partial charge is 0.351 e. The van der Waals surface area contributed by atoms with Gasteiger partial charge in [0.05, 0.1) is 13.0 Å². The van der Waals surface area contributed by atoms with Crippen LogP contribution in [-0.4, -0.2) is 24.3 Å². The number of halogens is 3. The summed E-state index contributed by atoms with van der Waals surface area (Å²) in [6.45, 7) is 2.76. The van der Waals surface area contributed by atoms with Crippen molar-refractivity contribution in [3.05, 3.63) is 0 Å². The van der Waals surface area contributed by atoms with Crippen molar-refractivity contribution in [3.8, 4) is 0 Å². The van der Waals surface area contributed by atoms with E-state index < -0.39 is 29.5 Å². The fourth-order valence-electron chi connectivity index (χ4n) is 1.10. The van der Waals surface area contributed by atoms with Crippen molar-refractivity contribution < 1.29 is 22.7 Å². The number of rotatable bonds is 0. The van der Waals surface area contributed by atoms with Crippen LogP contribution in [-0.2, 0) is 9.53 Å². The van der Waals surface area contributed by atoms with Gasteiger partial charge in [-0.1, -0.05) is 13.8 Å². The van der Waals surface area contributed by atoms with Crippen molar-refractivity contribution in [2.75, 3.05) is 6.61 Å². The highest BCUT2D eigenvalue weighted by molar-refractivity contribution is 5.85. The molecule has 0 bridgehead atoms. The maximum Gasteiger partial charge on any atom is 0.431 e. The molecule has 14 heavy (non-hydrogen) atoms. The average Bonchev–Trinajstić information content (AvgIpc) is 1.96. The number of hydrogen-bond acceptors (Lipinski definition) is 3. The summed E-state index contributed by atoms with van der Waals surface area (Å²) in [6, 6.07) is 0. The molecule has 2 N–H and O–H groups in total. The Morgan fingerprint density at radius 1 is 1.43 bits per heavy atom. The first kappa shape index (κ1) is 11.5. The summed E-state index contributed by atoms with van der Waals surface area (Å²) >= 11 is 0. The van der Waals surface area contributed by atoms with E-state index in [9.17, 15) is 18.0 Å². The van der Waals surface area contributed by atoms with Gasteiger partial charge in [-0.15, -0.1) is 0 Å². The highest BCUT2D eigenvalue weighted by atomic mass is 19.4. The number of nitrogens with two attached hydrogens (primary N) is 1. The van der Waals surface area contributed by atoms with E-state index in [4.69, 9.17) is 5.73 Å². The Bertz CT molecular complexity index is 262. The van der Waals surface area contributed by atoms with Crippen molar-refractivity contribution in [1.29, 1.82) is 0 Å². The van der Waals surface area contributed by atoms with E-state index in [0.29, 0.717) is 0 Å². The third-order valence-electron chi connectivity index (χ3n) is 2.35. The zero-order valence-electron chi connectivity index (χ0n) is 7.94. The second-order valence-corrected chi connectivity index (χ2v) is 4.16. The minimum atomic E-state index is -4.71. The summed E-state index contributed by atoms with van der Waals surface area (Å²) in [4.78, 5) is 11.3. The van der Waals surface area contributed by atoms with E-state index in [-0.39, 0.29) is 6.61 Å². The molecule has 0 aromatic carbocycles. The Morgan fingerprint density at radius 2 is 1.93 bits per heavy atom. The zero-order valence-corrected chi connectivity index (χ0v) is 7.94. The van der Waals surface area contributed by atoms with Gasteiger partial charge in [-0.3, -0.25) is 10.5 Å². The largest absolute Gasteiger partial charge is 0.431 e. The van der Waals surface area contributed by atoms with E-state index >= 15 is 0 Å². The van der Waals surface area contributed by atoms with Crippen LogP contribution in [0.25, 0.3) is 0 Å². The molecule has 0 aromatic rings. The first-order chi connectivity index (χ1) is 6.08. The Labute approximate surface area is 79.4 Å². The van der Waals surface area contributed by atoms with Crippen LogP contribution in [0.3, 0.4) is 0 Å². The monoisotopic (exact) mass is 211 g/mol. The summed E-state index contributed by atoms with van der Waals surface area (Å²) in [5.74, 6) is -0.524. The third kappa shape index (κ3) is 1.76. The highest BCUT2D eigenvalue weighted by Crippen LogP contribution is 2.39. The molecule has 1 fully saturated rings. The summed E-state index contributed by atoms with van der Waals surface area (Å²) < 4.78 is 41.6. The molecule has 1 saturated heterocycles. The van der Waals surface area contributed by atoms with Gasteiger partial charge >= 0.3 is 6.18 Å². The normalized spacial score (nSPS) is 33.1. The Kier molecular flexibility index (Phi) is 2.40. The van der Waals surface area contributed by atoms with E-state index in [2.05, 4.69) is 4.74 Å². The molecule has 1 unspecified atom stereocenters. The number of hydrogen-bond donors (Lipinski definition) is 1. The molecular formula is C8H12F3NO2. The van der Waals surface area contributed by atoms with Crippen LogP contribution in [0.5, 0.6) is 0 Å². The van der Waals surface area contributed by atoms with Crippen LogP contribution in [0, 0.1) is 5.41 Å². The second-order valence-electron chi connectivity index (χ2n) is 4.16. The van der Waals surface area contributed by atoms with E-state index in [1.807, 2.05) is 0 Å². The second kappa shape index (κ2) is 2.93. The first-order valence-corrected chi connectivity index (χ1v) is 4.11. The van der Waals surface area contributed by atoms with Crippen LogP contribution in [0.2, 0.25) is 0 Å². The molecule has 0 aromatic heterocycles. The van der Waals surface area contributed by atoms with Gasteiger partial charge in [0.2, 0.25) is 5.72 Å². The predicted molar refractivity (Wildman–Crippen MR) is 42.3 cm³/mol. The molecule has 1 rings (SSSR count). The van der Waals surface area contributed by atoms with Gasteiger partial charge in [-0.25, -0.2) is 0 Å². The van der Waals surface area contributed by atoms with Gasteiger partial charge in [-0.2, -0.15) is 13.2 Å². The molecule has 82 valence electrons. The minimum Gasteiger partial charge on any atom is -0.351 e. The molecule has 1 aliphatic heterocycles. The lowest BCUT2D eigenvalue weighted by molar-refractivity contribution is -0.290.